The molecule has 2 amide bonds. The summed E-state index contributed by atoms with van der Waals surface area (Å²) in [5.74, 6) is -1.53. The van der Waals surface area contributed by atoms with E-state index in [4.69, 9.17) is 9.84 Å². The Hall–Kier alpha value is -2.31. The monoisotopic (exact) mass is 256 g/mol. The lowest BCUT2D eigenvalue weighted by Crippen LogP contribution is -2.30. The molecule has 0 aliphatic heterocycles. The molecule has 0 radical (unpaired) electrons. The molecule has 0 saturated heterocycles. The van der Waals surface area contributed by atoms with Gasteiger partial charge in [-0.3, -0.25) is 4.79 Å². The van der Waals surface area contributed by atoms with Crippen molar-refractivity contribution in [2.75, 3.05) is 19.0 Å². The van der Waals surface area contributed by atoms with Gasteiger partial charge in [-0.2, -0.15) is 0 Å². The van der Waals surface area contributed by atoms with Crippen LogP contribution < -0.4 is 15.4 Å². The third kappa shape index (κ3) is 4.28. The summed E-state index contributed by atoms with van der Waals surface area (Å²) in [6.45, 7) is -0.000195. The third-order valence-electron chi connectivity index (χ3n) is 2.03. The highest BCUT2D eigenvalue weighted by molar-refractivity contribution is 5.89. The van der Waals surface area contributed by atoms with Crippen LogP contribution in [0.3, 0.4) is 0 Å². The van der Waals surface area contributed by atoms with Crippen LogP contribution in [0.4, 0.5) is 14.9 Å². The first-order chi connectivity index (χ1) is 8.52. The summed E-state index contributed by atoms with van der Waals surface area (Å²) in [5, 5.41) is 13.1. The van der Waals surface area contributed by atoms with E-state index in [1.807, 2.05) is 0 Å². The van der Waals surface area contributed by atoms with Gasteiger partial charge in [-0.1, -0.05) is 0 Å². The smallest absolute Gasteiger partial charge is 0.319 e. The normalized spacial score (nSPS) is 9.67. The first-order valence-electron chi connectivity index (χ1n) is 5.13. The molecule has 1 rings (SSSR count). The van der Waals surface area contributed by atoms with Crippen LogP contribution in [0.5, 0.6) is 5.75 Å². The molecule has 18 heavy (non-hydrogen) atoms. The van der Waals surface area contributed by atoms with Crippen LogP contribution in [-0.4, -0.2) is 30.8 Å². The second-order valence-electron chi connectivity index (χ2n) is 3.37. The van der Waals surface area contributed by atoms with Crippen molar-refractivity contribution < 1.29 is 23.8 Å². The predicted molar refractivity (Wildman–Crippen MR) is 62.2 cm³/mol. The number of benzene rings is 1. The van der Waals surface area contributed by atoms with Crippen LogP contribution in [0.25, 0.3) is 0 Å². The lowest BCUT2D eigenvalue weighted by Gasteiger charge is -2.08. The number of ether oxygens (including phenoxy) is 1. The molecular formula is C11H13FN2O4. The number of hydrogen-bond acceptors (Lipinski definition) is 3. The van der Waals surface area contributed by atoms with Crippen LogP contribution in [0.1, 0.15) is 6.42 Å². The quantitative estimate of drug-likeness (QED) is 0.743. The van der Waals surface area contributed by atoms with E-state index in [0.717, 1.165) is 6.07 Å². The molecule has 0 atom stereocenters. The number of anilines is 1. The van der Waals surface area contributed by atoms with Crippen LogP contribution in [-0.2, 0) is 4.79 Å². The maximum Gasteiger partial charge on any atom is 0.319 e. The van der Waals surface area contributed by atoms with Gasteiger partial charge in [-0.15, -0.1) is 0 Å². The molecule has 0 aliphatic carbocycles. The summed E-state index contributed by atoms with van der Waals surface area (Å²) in [4.78, 5) is 21.5. The summed E-state index contributed by atoms with van der Waals surface area (Å²) in [7, 11) is 1.34. The number of nitrogens with one attached hydrogen (secondary N) is 2. The maximum absolute atomic E-state index is 13.3. The van der Waals surface area contributed by atoms with Crippen molar-refractivity contribution in [1.82, 2.24) is 5.32 Å². The SMILES string of the molecule is COc1ccc(NC(=O)NCCC(=O)O)cc1F. The Morgan fingerprint density at radius 2 is 2.17 bits per heavy atom. The van der Waals surface area contributed by atoms with Gasteiger partial charge >= 0.3 is 12.0 Å². The average Bonchev–Trinajstić information content (AvgIpc) is 2.28. The first kappa shape index (κ1) is 13.8. The molecule has 7 heteroatoms. The number of carboxylic acids is 1. The molecule has 98 valence electrons. The van der Waals surface area contributed by atoms with E-state index in [-0.39, 0.29) is 24.4 Å². The fraction of sp³-hybridized carbons (Fsp3) is 0.273. The van der Waals surface area contributed by atoms with Gasteiger partial charge in [-0.05, 0) is 12.1 Å². The summed E-state index contributed by atoms with van der Waals surface area (Å²) in [5.41, 5.74) is 0.251. The van der Waals surface area contributed by atoms with E-state index in [1.54, 1.807) is 0 Å². The Morgan fingerprint density at radius 1 is 1.44 bits per heavy atom. The van der Waals surface area contributed by atoms with E-state index >= 15 is 0 Å². The Labute approximate surface area is 103 Å². The molecule has 0 saturated carbocycles. The third-order valence-corrected chi connectivity index (χ3v) is 2.03. The topological polar surface area (TPSA) is 87.7 Å². The molecule has 0 fully saturated rings. The van der Waals surface area contributed by atoms with Gasteiger partial charge < -0.3 is 20.5 Å². The number of aliphatic carboxylic acids is 1. The van der Waals surface area contributed by atoms with Crippen molar-refractivity contribution in [1.29, 1.82) is 0 Å². The molecule has 0 bridgehead atoms. The molecule has 0 spiro atoms. The van der Waals surface area contributed by atoms with Crippen molar-refractivity contribution in [3.8, 4) is 5.75 Å². The van der Waals surface area contributed by atoms with Gasteiger partial charge in [-0.25, -0.2) is 9.18 Å². The summed E-state index contributed by atoms with van der Waals surface area (Å²) < 4.78 is 18.0. The minimum Gasteiger partial charge on any atom is -0.494 e. The highest BCUT2D eigenvalue weighted by atomic mass is 19.1. The number of rotatable bonds is 5. The van der Waals surface area contributed by atoms with Crippen molar-refractivity contribution >= 4 is 17.7 Å². The van der Waals surface area contributed by atoms with E-state index in [0.29, 0.717) is 0 Å². The fourth-order valence-electron chi connectivity index (χ4n) is 1.20. The van der Waals surface area contributed by atoms with Gasteiger partial charge in [0.25, 0.3) is 0 Å². The molecule has 6 nitrogen and oxygen atoms in total. The average molecular weight is 256 g/mol. The molecule has 1 aromatic carbocycles. The number of urea groups is 1. The lowest BCUT2D eigenvalue weighted by atomic mass is 10.3. The zero-order chi connectivity index (χ0) is 13.5. The number of amides is 2. The molecule has 1 aromatic rings. The Morgan fingerprint density at radius 3 is 2.72 bits per heavy atom. The number of methoxy groups -OCH3 is 1. The van der Waals surface area contributed by atoms with Gasteiger partial charge in [0, 0.05) is 18.3 Å². The van der Waals surface area contributed by atoms with E-state index < -0.39 is 17.8 Å². The van der Waals surface area contributed by atoms with Crippen LogP contribution in [0.15, 0.2) is 18.2 Å². The molecular weight excluding hydrogens is 243 g/mol. The Balaban J connectivity index is 2.49. The molecule has 3 N–H and O–H groups in total. The second kappa shape index (κ2) is 6.43. The highest BCUT2D eigenvalue weighted by Gasteiger charge is 2.06. The van der Waals surface area contributed by atoms with Gasteiger partial charge in [0.1, 0.15) is 0 Å². The summed E-state index contributed by atoms with van der Waals surface area (Å²) in [6.07, 6.45) is -0.176. The zero-order valence-electron chi connectivity index (χ0n) is 9.70. The van der Waals surface area contributed by atoms with Gasteiger partial charge in [0.15, 0.2) is 11.6 Å². The number of halogens is 1. The van der Waals surface area contributed by atoms with Gasteiger partial charge in [0.2, 0.25) is 0 Å². The van der Waals surface area contributed by atoms with Gasteiger partial charge in [0.05, 0.1) is 13.5 Å². The number of carbonyl (C=O) groups is 2. The largest absolute Gasteiger partial charge is 0.494 e. The zero-order valence-corrected chi connectivity index (χ0v) is 9.70. The van der Waals surface area contributed by atoms with Crippen molar-refractivity contribution in [3.05, 3.63) is 24.0 Å². The number of carboxylic acid groups (broad SMARTS) is 1. The summed E-state index contributed by atoms with van der Waals surface area (Å²) in [6, 6.07) is 3.36. The number of hydrogen-bond donors (Lipinski definition) is 3. The van der Waals surface area contributed by atoms with Crippen molar-refractivity contribution in [2.24, 2.45) is 0 Å². The standard InChI is InChI=1S/C11H13FN2O4/c1-18-9-3-2-7(6-8(9)12)14-11(17)13-5-4-10(15)16/h2-3,6H,4-5H2,1H3,(H,15,16)(H2,13,14,17). The molecule has 0 aromatic heterocycles. The van der Waals surface area contributed by atoms with E-state index in [9.17, 15) is 14.0 Å². The van der Waals surface area contributed by atoms with E-state index in [1.165, 1.54) is 19.2 Å². The number of carbonyl (C=O) groups excluding carboxylic acids is 1. The van der Waals surface area contributed by atoms with Crippen molar-refractivity contribution in [3.63, 3.8) is 0 Å². The Kier molecular flexibility index (Phi) is 4.91. The first-order valence-corrected chi connectivity index (χ1v) is 5.13. The molecule has 0 aliphatic rings. The van der Waals surface area contributed by atoms with Crippen molar-refractivity contribution in [2.45, 2.75) is 6.42 Å². The predicted octanol–water partition coefficient (Wildman–Crippen LogP) is 1.43. The Bertz CT molecular complexity index is 451. The maximum atomic E-state index is 13.3. The fourth-order valence-corrected chi connectivity index (χ4v) is 1.20. The lowest BCUT2D eigenvalue weighted by molar-refractivity contribution is -0.136. The summed E-state index contributed by atoms with van der Waals surface area (Å²) >= 11 is 0. The molecule has 0 heterocycles. The van der Waals surface area contributed by atoms with Crippen LogP contribution >= 0.6 is 0 Å². The minimum atomic E-state index is -1.01. The molecule has 0 unspecified atom stereocenters. The van der Waals surface area contributed by atoms with E-state index in [2.05, 4.69) is 10.6 Å². The second-order valence-corrected chi connectivity index (χ2v) is 3.37. The highest BCUT2D eigenvalue weighted by Crippen LogP contribution is 2.20. The van der Waals surface area contributed by atoms with Crippen LogP contribution in [0.2, 0.25) is 0 Å². The minimum absolute atomic E-state index is 0.000195. The van der Waals surface area contributed by atoms with Crippen LogP contribution in [0, 0.1) is 5.82 Å².